The van der Waals surface area contributed by atoms with Gasteiger partial charge in [0.15, 0.2) is 0 Å². The van der Waals surface area contributed by atoms with E-state index < -0.39 is 5.97 Å². The zero-order chi connectivity index (χ0) is 17.2. The van der Waals surface area contributed by atoms with Gasteiger partial charge in [-0.25, -0.2) is 0 Å². The Morgan fingerprint density at radius 1 is 1.22 bits per heavy atom. The number of hydrogen-bond acceptors (Lipinski definition) is 3. The number of carbonyl (C=O) groups excluding carboxylic acids is 1. The summed E-state index contributed by atoms with van der Waals surface area (Å²) >= 11 is 0. The Morgan fingerprint density at radius 3 is 2.43 bits per heavy atom. The third kappa shape index (κ3) is 7.17. The van der Waals surface area contributed by atoms with Gasteiger partial charge in [-0.05, 0) is 30.0 Å². The van der Waals surface area contributed by atoms with E-state index in [1.54, 1.807) is 0 Å². The van der Waals surface area contributed by atoms with Crippen molar-refractivity contribution in [1.82, 2.24) is 5.32 Å². The molecule has 2 N–H and O–H groups in total. The van der Waals surface area contributed by atoms with Crippen LogP contribution in [0.1, 0.15) is 45.6 Å². The summed E-state index contributed by atoms with van der Waals surface area (Å²) in [6, 6.07) is 7.47. The monoisotopic (exact) mass is 321 g/mol. The average Bonchev–Trinajstić information content (AvgIpc) is 2.56. The molecule has 1 aromatic carbocycles. The number of rotatable bonds is 10. The Hall–Kier alpha value is -2.04. The molecule has 128 valence electrons. The highest BCUT2D eigenvalue weighted by Crippen LogP contribution is 2.15. The van der Waals surface area contributed by atoms with Crippen LogP contribution >= 0.6 is 0 Å². The minimum atomic E-state index is -0.814. The number of nitrogens with one attached hydrogen (secondary N) is 1. The fourth-order valence-electron chi connectivity index (χ4n) is 2.08. The summed E-state index contributed by atoms with van der Waals surface area (Å²) in [4.78, 5) is 22.4. The first-order valence-corrected chi connectivity index (χ1v) is 8.15. The molecule has 0 fully saturated rings. The van der Waals surface area contributed by atoms with Gasteiger partial charge >= 0.3 is 5.97 Å². The molecule has 5 nitrogen and oxygen atoms in total. The van der Waals surface area contributed by atoms with Crippen molar-refractivity contribution in [2.24, 2.45) is 11.8 Å². The standard InChI is InChI=1S/C18H27NO4/c1-4-13(2)14(3)18(22)19-12-15-7-9-16(10-8-15)23-11-5-6-17(20)21/h7-10,13-14H,4-6,11-12H2,1-3H3,(H,19,22)(H,20,21). The van der Waals surface area contributed by atoms with E-state index in [9.17, 15) is 9.59 Å². The van der Waals surface area contributed by atoms with Gasteiger partial charge in [-0.15, -0.1) is 0 Å². The second-order valence-electron chi connectivity index (χ2n) is 5.88. The van der Waals surface area contributed by atoms with Gasteiger partial charge in [0.25, 0.3) is 0 Å². The lowest BCUT2D eigenvalue weighted by molar-refractivity contribution is -0.137. The number of hydrogen-bond donors (Lipinski definition) is 2. The summed E-state index contributed by atoms with van der Waals surface area (Å²) in [5.74, 6) is 0.353. The highest BCUT2D eigenvalue weighted by atomic mass is 16.5. The molecule has 0 aliphatic carbocycles. The van der Waals surface area contributed by atoms with Gasteiger partial charge in [0.2, 0.25) is 5.91 Å². The van der Waals surface area contributed by atoms with E-state index in [1.165, 1.54) is 0 Å². The summed E-state index contributed by atoms with van der Waals surface area (Å²) in [6.07, 6.45) is 1.58. The van der Waals surface area contributed by atoms with E-state index >= 15 is 0 Å². The van der Waals surface area contributed by atoms with Crippen molar-refractivity contribution >= 4 is 11.9 Å². The molecule has 5 heteroatoms. The molecule has 0 saturated heterocycles. The van der Waals surface area contributed by atoms with E-state index in [0.29, 0.717) is 31.2 Å². The fourth-order valence-corrected chi connectivity index (χ4v) is 2.08. The maximum Gasteiger partial charge on any atom is 0.303 e. The van der Waals surface area contributed by atoms with Crippen molar-refractivity contribution < 1.29 is 19.4 Å². The smallest absolute Gasteiger partial charge is 0.303 e. The van der Waals surface area contributed by atoms with E-state index in [-0.39, 0.29) is 18.2 Å². The molecule has 0 spiro atoms. The second kappa shape index (κ2) is 9.87. The predicted octanol–water partition coefficient (Wildman–Crippen LogP) is 3.23. The predicted molar refractivity (Wildman–Crippen MR) is 89.3 cm³/mol. The minimum absolute atomic E-state index is 0.0110. The zero-order valence-corrected chi connectivity index (χ0v) is 14.2. The fraction of sp³-hybridized carbons (Fsp3) is 0.556. The van der Waals surface area contributed by atoms with Gasteiger partial charge in [0.1, 0.15) is 5.75 Å². The highest BCUT2D eigenvalue weighted by molar-refractivity contribution is 5.78. The van der Waals surface area contributed by atoms with Crippen LogP contribution in [0.5, 0.6) is 5.75 Å². The molecule has 23 heavy (non-hydrogen) atoms. The number of aliphatic carboxylic acids is 1. The maximum absolute atomic E-state index is 12.0. The molecule has 0 saturated carbocycles. The van der Waals surface area contributed by atoms with Crippen LogP contribution in [0.25, 0.3) is 0 Å². The summed E-state index contributed by atoms with van der Waals surface area (Å²) in [6.45, 7) is 7.01. The molecular weight excluding hydrogens is 294 g/mol. The number of benzene rings is 1. The molecule has 1 aromatic rings. The minimum Gasteiger partial charge on any atom is -0.494 e. The normalized spacial score (nSPS) is 13.2. The summed E-state index contributed by atoms with van der Waals surface area (Å²) in [7, 11) is 0. The zero-order valence-electron chi connectivity index (χ0n) is 14.2. The average molecular weight is 321 g/mol. The van der Waals surface area contributed by atoms with Gasteiger partial charge in [0, 0.05) is 18.9 Å². The maximum atomic E-state index is 12.0. The van der Waals surface area contributed by atoms with Gasteiger partial charge in [-0.3, -0.25) is 9.59 Å². The lowest BCUT2D eigenvalue weighted by Gasteiger charge is -2.17. The van der Waals surface area contributed by atoms with Crippen LogP contribution in [0, 0.1) is 11.8 Å². The van der Waals surface area contributed by atoms with Crippen molar-refractivity contribution in [2.75, 3.05) is 6.61 Å². The quantitative estimate of drug-likeness (QED) is 0.649. The third-order valence-corrected chi connectivity index (χ3v) is 4.10. The van der Waals surface area contributed by atoms with E-state index in [2.05, 4.69) is 19.2 Å². The number of carboxylic acids is 1. The molecule has 0 radical (unpaired) electrons. The third-order valence-electron chi connectivity index (χ3n) is 4.10. The number of carboxylic acid groups (broad SMARTS) is 1. The molecule has 0 aliphatic heterocycles. The van der Waals surface area contributed by atoms with E-state index in [0.717, 1.165) is 12.0 Å². The number of ether oxygens (including phenoxy) is 1. The first kappa shape index (κ1) is 19.0. The molecule has 1 amide bonds. The van der Waals surface area contributed by atoms with E-state index in [4.69, 9.17) is 9.84 Å². The molecule has 0 bridgehead atoms. The first-order chi connectivity index (χ1) is 10.9. The Kier molecular flexibility index (Phi) is 8.16. The topological polar surface area (TPSA) is 75.6 Å². The number of carbonyl (C=O) groups is 2. The number of amides is 1. The van der Waals surface area contributed by atoms with Crippen LogP contribution < -0.4 is 10.1 Å². The molecule has 2 atom stereocenters. The molecule has 0 heterocycles. The van der Waals surface area contributed by atoms with Crippen LogP contribution in [-0.4, -0.2) is 23.6 Å². The van der Waals surface area contributed by atoms with Crippen molar-refractivity contribution in [3.05, 3.63) is 29.8 Å². The molecule has 0 aliphatic rings. The molecule has 2 unspecified atom stereocenters. The second-order valence-corrected chi connectivity index (χ2v) is 5.88. The lowest BCUT2D eigenvalue weighted by atomic mass is 9.93. The molecular formula is C18H27NO4. The van der Waals surface area contributed by atoms with Gasteiger partial charge < -0.3 is 15.2 Å². The molecule has 0 aromatic heterocycles. The van der Waals surface area contributed by atoms with Gasteiger partial charge in [-0.2, -0.15) is 0 Å². The Balaban J connectivity index is 2.36. The summed E-state index contributed by atoms with van der Waals surface area (Å²) in [5.41, 5.74) is 1.01. The highest BCUT2D eigenvalue weighted by Gasteiger charge is 2.18. The van der Waals surface area contributed by atoms with Gasteiger partial charge in [-0.1, -0.05) is 39.3 Å². The summed E-state index contributed by atoms with van der Waals surface area (Å²) < 4.78 is 5.47. The Morgan fingerprint density at radius 2 is 1.87 bits per heavy atom. The van der Waals surface area contributed by atoms with Crippen LogP contribution in [0.3, 0.4) is 0 Å². The Bertz CT molecular complexity index is 498. The SMILES string of the molecule is CCC(C)C(C)C(=O)NCc1ccc(OCCCC(=O)O)cc1. The van der Waals surface area contributed by atoms with Crippen molar-refractivity contribution in [3.63, 3.8) is 0 Å². The van der Waals surface area contributed by atoms with Gasteiger partial charge in [0.05, 0.1) is 6.61 Å². The van der Waals surface area contributed by atoms with Crippen LogP contribution in [0.2, 0.25) is 0 Å². The van der Waals surface area contributed by atoms with Crippen molar-refractivity contribution in [1.29, 1.82) is 0 Å². The molecule has 1 rings (SSSR count). The van der Waals surface area contributed by atoms with Crippen LogP contribution in [-0.2, 0) is 16.1 Å². The lowest BCUT2D eigenvalue weighted by Crippen LogP contribution is -2.31. The van der Waals surface area contributed by atoms with Crippen LogP contribution in [0.4, 0.5) is 0 Å². The summed E-state index contributed by atoms with van der Waals surface area (Å²) in [5, 5.41) is 11.5. The first-order valence-electron chi connectivity index (χ1n) is 8.15. The van der Waals surface area contributed by atoms with E-state index in [1.807, 2.05) is 31.2 Å². The van der Waals surface area contributed by atoms with Crippen molar-refractivity contribution in [2.45, 2.75) is 46.6 Å². The Labute approximate surface area is 138 Å². The largest absolute Gasteiger partial charge is 0.494 e. The van der Waals surface area contributed by atoms with Crippen LogP contribution in [0.15, 0.2) is 24.3 Å². The van der Waals surface area contributed by atoms with Crippen molar-refractivity contribution in [3.8, 4) is 5.75 Å².